The molecule has 0 saturated carbocycles. The van der Waals surface area contributed by atoms with Gasteiger partial charge < -0.3 is 5.11 Å². The minimum absolute atomic E-state index is 0.0117. The summed E-state index contributed by atoms with van der Waals surface area (Å²) < 4.78 is 0. The second kappa shape index (κ2) is 6.65. The molecule has 0 aliphatic rings. The molecule has 1 aromatic heterocycles. The molecule has 2 N–H and O–H groups in total. The molecule has 18 heavy (non-hydrogen) atoms. The van der Waals surface area contributed by atoms with Crippen molar-refractivity contribution >= 4 is 17.8 Å². The van der Waals surface area contributed by atoms with Crippen molar-refractivity contribution in [2.75, 3.05) is 18.4 Å². The number of carbonyl (C=O) groups is 2. The molecule has 98 valence electrons. The molecule has 0 saturated heterocycles. The van der Waals surface area contributed by atoms with Crippen molar-refractivity contribution in [2.24, 2.45) is 0 Å². The molecule has 1 rings (SSSR count). The summed E-state index contributed by atoms with van der Waals surface area (Å²) in [4.78, 5) is 31.6. The van der Waals surface area contributed by atoms with E-state index in [1.54, 1.807) is 11.0 Å². The molecule has 0 fully saturated rings. The van der Waals surface area contributed by atoms with Gasteiger partial charge in [0.2, 0.25) is 11.9 Å². The Morgan fingerprint density at radius 1 is 1.33 bits per heavy atom. The Morgan fingerprint density at radius 3 is 2.44 bits per heavy atom. The highest BCUT2D eigenvalue weighted by molar-refractivity contribution is 5.90. The Balaban J connectivity index is 2.54. The van der Waals surface area contributed by atoms with Crippen molar-refractivity contribution in [3.8, 4) is 0 Å². The maximum atomic E-state index is 11.7. The van der Waals surface area contributed by atoms with Crippen molar-refractivity contribution in [1.82, 2.24) is 14.9 Å². The summed E-state index contributed by atoms with van der Waals surface area (Å²) in [5.41, 5.74) is 0. The van der Waals surface area contributed by atoms with Gasteiger partial charge in [-0.1, -0.05) is 0 Å². The van der Waals surface area contributed by atoms with E-state index in [1.165, 1.54) is 12.4 Å². The summed E-state index contributed by atoms with van der Waals surface area (Å²) >= 11 is 0. The van der Waals surface area contributed by atoms with Gasteiger partial charge in [-0.2, -0.15) is 0 Å². The average molecular weight is 252 g/mol. The summed E-state index contributed by atoms with van der Waals surface area (Å²) in [5.74, 6) is -1.09. The zero-order chi connectivity index (χ0) is 13.5. The second-order valence-corrected chi connectivity index (χ2v) is 4.01. The third-order valence-corrected chi connectivity index (χ3v) is 2.23. The van der Waals surface area contributed by atoms with E-state index in [0.29, 0.717) is 0 Å². The van der Waals surface area contributed by atoms with Crippen LogP contribution in [-0.2, 0) is 9.59 Å². The summed E-state index contributed by atoms with van der Waals surface area (Å²) in [6, 6.07) is 1.60. The van der Waals surface area contributed by atoms with Gasteiger partial charge in [0, 0.05) is 18.4 Å². The van der Waals surface area contributed by atoms with E-state index in [0.717, 1.165) is 0 Å². The van der Waals surface area contributed by atoms with Crippen LogP contribution in [0.5, 0.6) is 0 Å². The van der Waals surface area contributed by atoms with Gasteiger partial charge in [0.15, 0.2) is 0 Å². The minimum atomic E-state index is -0.965. The molecular weight excluding hydrogens is 236 g/mol. The van der Waals surface area contributed by atoms with Crippen LogP contribution >= 0.6 is 0 Å². The van der Waals surface area contributed by atoms with E-state index in [-0.39, 0.29) is 31.0 Å². The molecule has 0 aliphatic carbocycles. The fraction of sp³-hybridized carbons (Fsp3) is 0.455. The van der Waals surface area contributed by atoms with E-state index in [4.69, 9.17) is 5.11 Å². The number of carboxylic acid groups (broad SMARTS) is 1. The molecule has 7 heteroatoms. The standard InChI is InChI=1S/C11H16N4O3/c1-8(2)15(7-10(17)18)6-9(16)14-11-12-4-3-5-13-11/h3-5,8H,6-7H2,1-2H3,(H,17,18)(H,12,13,14,16). The Hall–Kier alpha value is -2.02. The Morgan fingerprint density at radius 2 is 1.94 bits per heavy atom. The second-order valence-electron chi connectivity index (χ2n) is 4.01. The monoisotopic (exact) mass is 252 g/mol. The van der Waals surface area contributed by atoms with Gasteiger partial charge in [-0.3, -0.25) is 19.8 Å². The Kier molecular flexibility index (Phi) is 5.19. The van der Waals surface area contributed by atoms with Gasteiger partial charge >= 0.3 is 5.97 Å². The van der Waals surface area contributed by atoms with Gasteiger partial charge in [-0.05, 0) is 19.9 Å². The molecule has 0 radical (unpaired) electrons. The highest BCUT2D eigenvalue weighted by Gasteiger charge is 2.17. The number of nitrogens with one attached hydrogen (secondary N) is 1. The minimum Gasteiger partial charge on any atom is -0.480 e. The Labute approximate surface area is 105 Å². The first-order chi connectivity index (χ1) is 8.49. The zero-order valence-electron chi connectivity index (χ0n) is 10.3. The number of aliphatic carboxylic acids is 1. The number of rotatable bonds is 6. The van der Waals surface area contributed by atoms with Crippen molar-refractivity contribution in [1.29, 1.82) is 0 Å². The molecule has 1 heterocycles. The van der Waals surface area contributed by atoms with Crippen LogP contribution in [-0.4, -0.2) is 51.0 Å². The lowest BCUT2D eigenvalue weighted by Gasteiger charge is -2.23. The molecule has 0 spiro atoms. The highest BCUT2D eigenvalue weighted by atomic mass is 16.4. The third-order valence-electron chi connectivity index (χ3n) is 2.23. The summed E-state index contributed by atoms with van der Waals surface area (Å²) in [5, 5.41) is 11.2. The van der Waals surface area contributed by atoms with E-state index < -0.39 is 5.97 Å². The molecule has 1 amide bonds. The molecule has 0 aromatic carbocycles. The van der Waals surface area contributed by atoms with E-state index in [2.05, 4.69) is 15.3 Å². The summed E-state index contributed by atoms with van der Waals surface area (Å²) in [6.45, 7) is 3.47. The van der Waals surface area contributed by atoms with Gasteiger partial charge in [0.1, 0.15) is 0 Å². The predicted octanol–water partition coefficient (Wildman–Crippen LogP) is 0.210. The van der Waals surface area contributed by atoms with Crippen LogP contribution < -0.4 is 5.32 Å². The number of carboxylic acids is 1. The first-order valence-electron chi connectivity index (χ1n) is 5.51. The molecule has 1 aromatic rings. The van der Waals surface area contributed by atoms with Crippen molar-refractivity contribution in [3.05, 3.63) is 18.5 Å². The van der Waals surface area contributed by atoms with Crippen molar-refractivity contribution in [2.45, 2.75) is 19.9 Å². The lowest BCUT2D eigenvalue weighted by molar-refractivity contribution is -0.139. The fourth-order valence-electron chi connectivity index (χ4n) is 1.31. The summed E-state index contributed by atoms with van der Waals surface area (Å²) in [6.07, 6.45) is 3.03. The lowest BCUT2D eigenvalue weighted by atomic mass is 10.3. The zero-order valence-corrected chi connectivity index (χ0v) is 10.3. The largest absolute Gasteiger partial charge is 0.480 e. The molecule has 0 bridgehead atoms. The van der Waals surface area contributed by atoms with Crippen molar-refractivity contribution in [3.63, 3.8) is 0 Å². The number of anilines is 1. The molecular formula is C11H16N4O3. The molecule has 0 aliphatic heterocycles. The quantitative estimate of drug-likeness (QED) is 0.751. The topological polar surface area (TPSA) is 95.4 Å². The highest BCUT2D eigenvalue weighted by Crippen LogP contribution is 2.00. The van der Waals surface area contributed by atoms with Crippen LogP contribution in [0, 0.1) is 0 Å². The maximum Gasteiger partial charge on any atom is 0.317 e. The van der Waals surface area contributed by atoms with E-state index >= 15 is 0 Å². The van der Waals surface area contributed by atoms with Gasteiger partial charge in [0.05, 0.1) is 13.1 Å². The van der Waals surface area contributed by atoms with Gasteiger partial charge in [-0.15, -0.1) is 0 Å². The summed E-state index contributed by atoms with van der Waals surface area (Å²) in [7, 11) is 0. The number of amides is 1. The van der Waals surface area contributed by atoms with Crippen LogP contribution in [0.1, 0.15) is 13.8 Å². The first kappa shape index (κ1) is 14.0. The normalized spacial score (nSPS) is 10.7. The van der Waals surface area contributed by atoms with Crippen LogP contribution in [0.15, 0.2) is 18.5 Å². The smallest absolute Gasteiger partial charge is 0.317 e. The number of aromatic nitrogens is 2. The van der Waals surface area contributed by atoms with Crippen LogP contribution in [0.3, 0.4) is 0 Å². The van der Waals surface area contributed by atoms with Crippen LogP contribution in [0.4, 0.5) is 5.95 Å². The average Bonchev–Trinajstić information content (AvgIpc) is 2.28. The maximum absolute atomic E-state index is 11.7. The van der Waals surface area contributed by atoms with Crippen molar-refractivity contribution < 1.29 is 14.7 Å². The lowest BCUT2D eigenvalue weighted by Crippen LogP contribution is -2.41. The molecule has 7 nitrogen and oxygen atoms in total. The molecule has 0 atom stereocenters. The number of carbonyl (C=O) groups excluding carboxylic acids is 1. The fourth-order valence-corrected chi connectivity index (χ4v) is 1.31. The number of hydrogen-bond donors (Lipinski definition) is 2. The predicted molar refractivity (Wildman–Crippen MR) is 65.0 cm³/mol. The first-order valence-corrected chi connectivity index (χ1v) is 5.51. The van der Waals surface area contributed by atoms with Gasteiger partial charge in [0.25, 0.3) is 0 Å². The third kappa shape index (κ3) is 4.88. The Bertz CT molecular complexity index is 408. The van der Waals surface area contributed by atoms with E-state index in [1.807, 2.05) is 13.8 Å². The number of nitrogens with zero attached hydrogens (tertiary/aromatic N) is 3. The number of hydrogen-bond acceptors (Lipinski definition) is 5. The van der Waals surface area contributed by atoms with Gasteiger partial charge in [-0.25, -0.2) is 9.97 Å². The van der Waals surface area contributed by atoms with E-state index in [9.17, 15) is 9.59 Å². The van der Waals surface area contributed by atoms with Crippen LogP contribution in [0.25, 0.3) is 0 Å². The SMILES string of the molecule is CC(C)N(CC(=O)O)CC(=O)Nc1ncccn1. The molecule has 0 unspecified atom stereocenters. The van der Waals surface area contributed by atoms with Crippen LogP contribution in [0.2, 0.25) is 0 Å².